The van der Waals surface area contributed by atoms with E-state index in [9.17, 15) is 18.8 Å². The number of nitrogens with zero attached hydrogens (tertiary/aromatic N) is 1. The molecule has 1 atom stereocenters. The Morgan fingerprint density at radius 1 is 1.19 bits per heavy atom. The van der Waals surface area contributed by atoms with Crippen molar-refractivity contribution in [2.24, 2.45) is 11.7 Å². The molecule has 1 aliphatic heterocycles. The SMILES string of the molecule is Cc1c(NC(=O)C2CC(=O)N(c3ccccc3F)C2)cccc1C(N)=O. The minimum Gasteiger partial charge on any atom is -0.366 e. The van der Waals surface area contributed by atoms with Crippen molar-refractivity contribution in [3.63, 3.8) is 0 Å². The van der Waals surface area contributed by atoms with Gasteiger partial charge in [0.2, 0.25) is 17.7 Å². The summed E-state index contributed by atoms with van der Waals surface area (Å²) in [5.41, 5.74) is 6.82. The molecule has 2 aromatic carbocycles. The first-order valence-electron chi connectivity index (χ1n) is 8.13. The quantitative estimate of drug-likeness (QED) is 0.881. The third kappa shape index (κ3) is 3.28. The Balaban J connectivity index is 1.76. The van der Waals surface area contributed by atoms with Crippen LogP contribution in [-0.4, -0.2) is 24.3 Å². The molecule has 134 valence electrons. The monoisotopic (exact) mass is 355 g/mol. The molecule has 0 bridgehead atoms. The molecule has 7 heteroatoms. The van der Waals surface area contributed by atoms with Crippen LogP contribution in [0.5, 0.6) is 0 Å². The Morgan fingerprint density at radius 2 is 1.92 bits per heavy atom. The summed E-state index contributed by atoms with van der Waals surface area (Å²) in [6, 6.07) is 10.8. The molecule has 2 aromatic rings. The molecule has 1 fully saturated rings. The van der Waals surface area contributed by atoms with Gasteiger partial charge in [0.05, 0.1) is 11.6 Å². The van der Waals surface area contributed by atoms with Gasteiger partial charge in [0.15, 0.2) is 0 Å². The van der Waals surface area contributed by atoms with Gasteiger partial charge < -0.3 is 16.0 Å². The van der Waals surface area contributed by atoms with Crippen LogP contribution in [0.4, 0.5) is 15.8 Å². The number of anilines is 2. The maximum absolute atomic E-state index is 13.9. The molecule has 1 saturated heterocycles. The Labute approximate surface area is 149 Å². The maximum Gasteiger partial charge on any atom is 0.249 e. The summed E-state index contributed by atoms with van der Waals surface area (Å²) < 4.78 is 13.9. The van der Waals surface area contributed by atoms with Gasteiger partial charge >= 0.3 is 0 Å². The lowest BCUT2D eigenvalue weighted by molar-refractivity contribution is -0.122. The second-order valence-electron chi connectivity index (χ2n) is 6.19. The van der Waals surface area contributed by atoms with E-state index in [2.05, 4.69) is 5.32 Å². The van der Waals surface area contributed by atoms with E-state index in [4.69, 9.17) is 5.73 Å². The third-order valence-electron chi connectivity index (χ3n) is 4.50. The van der Waals surface area contributed by atoms with Crippen LogP contribution in [0.1, 0.15) is 22.3 Å². The van der Waals surface area contributed by atoms with Crippen LogP contribution in [-0.2, 0) is 9.59 Å². The highest BCUT2D eigenvalue weighted by molar-refractivity contribution is 6.04. The second kappa shape index (κ2) is 6.95. The number of carbonyl (C=O) groups is 3. The van der Waals surface area contributed by atoms with Crippen LogP contribution in [0.2, 0.25) is 0 Å². The summed E-state index contributed by atoms with van der Waals surface area (Å²) in [4.78, 5) is 37.5. The van der Waals surface area contributed by atoms with Crippen LogP contribution < -0.4 is 16.0 Å². The van der Waals surface area contributed by atoms with Crippen molar-refractivity contribution in [2.75, 3.05) is 16.8 Å². The molecular weight excluding hydrogens is 337 g/mol. The number of hydrogen-bond acceptors (Lipinski definition) is 3. The fraction of sp³-hybridized carbons (Fsp3) is 0.211. The Kier molecular flexibility index (Phi) is 4.71. The highest BCUT2D eigenvalue weighted by Crippen LogP contribution is 2.28. The highest BCUT2D eigenvalue weighted by Gasteiger charge is 2.36. The van der Waals surface area contributed by atoms with Gasteiger partial charge in [-0.2, -0.15) is 0 Å². The lowest BCUT2D eigenvalue weighted by Gasteiger charge is -2.17. The van der Waals surface area contributed by atoms with E-state index < -0.39 is 17.6 Å². The van der Waals surface area contributed by atoms with Crippen LogP contribution in [0, 0.1) is 18.7 Å². The molecule has 0 spiro atoms. The van der Waals surface area contributed by atoms with E-state index >= 15 is 0 Å². The molecule has 6 nitrogen and oxygen atoms in total. The molecule has 0 saturated carbocycles. The van der Waals surface area contributed by atoms with Gasteiger partial charge in [-0.1, -0.05) is 18.2 Å². The van der Waals surface area contributed by atoms with Crippen molar-refractivity contribution in [1.29, 1.82) is 0 Å². The second-order valence-corrected chi connectivity index (χ2v) is 6.19. The van der Waals surface area contributed by atoms with Crippen molar-refractivity contribution in [2.45, 2.75) is 13.3 Å². The van der Waals surface area contributed by atoms with Crippen molar-refractivity contribution >= 4 is 29.1 Å². The van der Waals surface area contributed by atoms with Crippen molar-refractivity contribution in [3.05, 3.63) is 59.4 Å². The maximum atomic E-state index is 13.9. The average molecular weight is 355 g/mol. The summed E-state index contributed by atoms with van der Waals surface area (Å²) in [5, 5.41) is 2.74. The number of halogens is 1. The molecule has 1 unspecified atom stereocenters. The minimum absolute atomic E-state index is 0.00523. The minimum atomic E-state index is -0.612. The van der Waals surface area contributed by atoms with E-state index in [1.54, 1.807) is 31.2 Å². The lowest BCUT2D eigenvalue weighted by atomic mass is 10.0. The van der Waals surface area contributed by atoms with E-state index in [0.29, 0.717) is 16.8 Å². The van der Waals surface area contributed by atoms with Gasteiger partial charge in [-0.3, -0.25) is 14.4 Å². The lowest BCUT2D eigenvalue weighted by Crippen LogP contribution is -2.29. The standard InChI is InChI=1S/C19H18FN3O3/c1-11-13(18(21)25)5-4-7-15(11)22-19(26)12-9-17(24)23(10-12)16-8-3-2-6-14(16)20/h2-8,12H,9-10H2,1H3,(H2,21,25)(H,22,26). The molecule has 26 heavy (non-hydrogen) atoms. The molecule has 3 amide bonds. The number of rotatable bonds is 4. The summed E-state index contributed by atoms with van der Waals surface area (Å²) >= 11 is 0. The van der Waals surface area contributed by atoms with Gasteiger partial charge in [-0.25, -0.2) is 4.39 Å². The van der Waals surface area contributed by atoms with Gasteiger partial charge in [0.25, 0.3) is 0 Å². The van der Waals surface area contributed by atoms with E-state index in [1.807, 2.05) is 0 Å². The van der Waals surface area contributed by atoms with Crippen LogP contribution in [0.15, 0.2) is 42.5 Å². The van der Waals surface area contributed by atoms with Crippen molar-refractivity contribution < 1.29 is 18.8 Å². The summed E-state index contributed by atoms with van der Waals surface area (Å²) in [6.45, 7) is 1.78. The van der Waals surface area contributed by atoms with Crippen LogP contribution >= 0.6 is 0 Å². The van der Waals surface area contributed by atoms with E-state index in [1.165, 1.54) is 23.1 Å². The predicted molar refractivity (Wildman–Crippen MR) is 95.2 cm³/mol. The molecule has 3 rings (SSSR count). The molecule has 0 aromatic heterocycles. The van der Waals surface area contributed by atoms with Crippen LogP contribution in [0.25, 0.3) is 0 Å². The number of para-hydroxylation sites is 1. The first-order valence-corrected chi connectivity index (χ1v) is 8.13. The Hall–Kier alpha value is -3.22. The number of hydrogen-bond donors (Lipinski definition) is 2. The largest absolute Gasteiger partial charge is 0.366 e. The smallest absolute Gasteiger partial charge is 0.249 e. The number of amides is 3. The molecule has 3 N–H and O–H groups in total. The Bertz CT molecular complexity index is 897. The van der Waals surface area contributed by atoms with Crippen molar-refractivity contribution in [3.8, 4) is 0 Å². The van der Waals surface area contributed by atoms with Crippen LogP contribution in [0.3, 0.4) is 0 Å². The number of primary amides is 1. The third-order valence-corrected chi connectivity index (χ3v) is 4.50. The fourth-order valence-electron chi connectivity index (χ4n) is 3.06. The fourth-order valence-corrected chi connectivity index (χ4v) is 3.06. The number of benzene rings is 2. The molecule has 1 heterocycles. The summed E-state index contributed by atoms with van der Waals surface area (Å²) in [6.07, 6.45) is -0.00523. The zero-order chi connectivity index (χ0) is 18.8. The van der Waals surface area contributed by atoms with Gasteiger partial charge in [-0.15, -0.1) is 0 Å². The molecule has 0 aliphatic carbocycles. The molecule has 1 aliphatic rings. The summed E-state index contributed by atoms with van der Waals surface area (Å²) in [7, 11) is 0. The number of carbonyl (C=O) groups excluding carboxylic acids is 3. The normalized spacial score (nSPS) is 16.6. The highest BCUT2D eigenvalue weighted by atomic mass is 19.1. The zero-order valence-corrected chi connectivity index (χ0v) is 14.2. The van der Waals surface area contributed by atoms with Crippen molar-refractivity contribution in [1.82, 2.24) is 0 Å². The van der Waals surface area contributed by atoms with Gasteiger partial charge in [0, 0.05) is 24.2 Å². The molecular formula is C19H18FN3O3. The van der Waals surface area contributed by atoms with E-state index in [0.717, 1.165) is 0 Å². The zero-order valence-electron chi connectivity index (χ0n) is 14.2. The first kappa shape index (κ1) is 17.6. The number of nitrogens with two attached hydrogens (primary N) is 1. The Morgan fingerprint density at radius 3 is 2.62 bits per heavy atom. The topological polar surface area (TPSA) is 92.5 Å². The average Bonchev–Trinajstić information content (AvgIpc) is 2.98. The predicted octanol–water partition coefficient (Wildman–Crippen LogP) is 2.22. The van der Waals surface area contributed by atoms with E-state index in [-0.39, 0.29) is 30.5 Å². The number of nitrogens with one attached hydrogen (secondary N) is 1. The first-order chi connectivity index (χ1) is 12.4. The van der Waals surface area contributed by atoms with Gasteiger partial charge in [0.1, 0.15) is 5.82 Å². The molecule has 0 radical (unpaired) electrons. The van der Waals surface area contributed by atoms with Gasteiger partial charge in [-0.05, 0) is 36.8 Å². The summed E-state index contributed by atoms with van der Waals surface area (Å²) in [5.74, 6) is -2.37.